The van der Waals surface area contributed by atoms with Crippen molar-refractivity contribution in [2.24, 2.45) is 16.7 Å². The first-order valence-corrected chi connectivity index (χ1v) is 9.04. The third-order valence-corrected chi connectivity index (χ3v) is 7.32. The smallest absolute Gasteiger partial charge is 0.235 e. The number of hydrogen-bond donors (Lipinski definition) is 1. The number of hydrogen-bond acceptors (Lipinski definition) is 3. The predicted molar refractivity (Wildman–Crippen MR) is 78.6 cm³/mol. The summed E-state index contributed by atoms with van der Waals surface area (Å²) in [5, 5.41) is 3.06. The second kappa shape index (κ2) is 4.70. The summed E-state index contributed by atoms with van der Waals surface area (Å²) in [5.74, 6) is 0.456. The van der Waals surface area contributed by atoms with Crippen molar-refractivity contribution in [3.8, 4) is 0 Å². The quantitative estimate of drug-likeness (QED) is 0.849. The highest BCUT2D eigenvalue weighted by Gasteiger charge is 2.61. The van der Waals surface area contributed by atoms with Crippen LogP contribution in [0.2, 0.25) is 0 Å². The Bertz CT molecular complexity index is 515. The van der Waals surface area contributed by atoms with E-state index in [-0.39, 0.29) is 29.3 Å². The van der Waals surface area contributed by atoms with Gasteiger partial charge in [-0.25, -0.2) is 8.42 Å². The average molecular weight is 302 g/mol. The summed E-state index contributed by atoms with van der Waals surface area (Å²) in [6, 6.07) is 0.164. The predicted octanol–water partition coefficient (Wildman–Crippen LogP) is 1.21. The van der Waals surface area contributed by atoms with Crippen molar-refractivity contribution in [2.75, 3.05) is 19.8 Å². The van der Waals surface area contributed by atoms with Crippen molar-refractivity contribution in [3.63, 3.8) is 0 Å². The maximum atomic E-state index is 12.1. The molecule has 0 aromatic carbocycles. The zero-order valence-electron chi connectivity index (χ0n) is 13.1. The lowest BCUT2D eigenvalue weighted by Crippen LogP contribution is -2.49. The summed E-state index contributed by atoms with van der Waals surface area (Å²) in [4.78, 5) is 12.1. The third-order valence-electron chi connectivity index (χ3n) is 6.06. The standard InChI is InChI=1S/C14H26N2O3S/c1-13(2)10-6-7-14(13,3)11(8-10)15-12(17)9-16(4)20(5,18)19/h10-11H,6-9H2,1-5H3,(H,15,17)/t10-,11-,14-/m1/s1. The number of likely N-dealkylation sites (N-methyl/N-ethyl adjacent to an activating group) is 1. The molecule has 0 aliphatic heterocycles. The molecule has 5 nitrogen and oxygen atoms in total. The first-order chi connectivity index (χ1) is 8.98. The number of amides is 1. The summed E-state index contributed by atoms with van der Waals surface area (Å²) in [7, 11) is -1.88. The maximum absolute atomic E-state index is 12.1. The third kappa shape index (κ3) is 2.37. The van der Waals surface area contributed by atoms with Crippen LogP contribution < -0.4 is 5.32 Å². The molecule has 2 aliphatic rings. The molecule has 0 saturated heterocycles. The van der Waals surface area contributed by atoms with Gasteiger partial charge in [0.15, 0.2) is 0 Å². The van der Waals surface area contributed by atoms with Gasteiger partial charge in [0.25, 0.3) is 0 Å². The Morgan fingerprint density at radius 3 is 2.35 bits per heavy atom. The molecule has 2 rings (SSSR count). The normalized spacial score (nSPS) is 35.5. The van der Waals surface area contributed by atoms with E-state index in [1.165, 1.54) is 13.5 Å². The van der Waals surface area contributed by atoms with Gasteiger partial charge in [-0.1, -0.05) is 20.8 Å². The molecule has 2 saturated carbocycles. The second-order valence-corrected chi connectivity index (χ2v) is 9.34. The number of nitrogens with one attached hydrogen (secondary N) is 1. The fourth-order valence-corrected chi connectivity index (χ4v) is 4.33. The number of carbonyl (C=O) groups excluding carboxylic acids is 1. The van der Waals surface area contributed by atoms with Crippen molar-refractivity contribution in [3.05, 3.63) is 0 Å². The first-order valence-electron chi connectivity index (χ1n) is 7.19. The SMILES string of the molecule is CN(CC(=O)N[C@@H]1C[C@H]2CC[C@@]1(C)C2(C)C)S(C)(=O)=O. The van der Waals surface area contributed by atoms with Crippen LogP contribution >= 0.6 is 0 Å². The van der Waals surface area contributed by atoms with Crippen LogP contribution in [0.1, 0.15) is 40.0 Å². The molecule has 0 unspecified atom stereocenters. The monoisotopic (exact) mass is 302 g/mol. The van der Waals surface area contributed by atoms with E-state index in [0.29, 0.717) is 5.92 Å². The van der Waals surface area contributed by atoms with Crippen LogP contribution in [-0.2, 0) is 14.8 Å². The molecule has 0 heterocycles. The summed E-state index contributed by atoms with van der Waals surface area (Å²) in [6.45, 7) is 6.74. The molecule has 6 heteroatoms. The largest absolute Gasteiger partial charge is 0.352 e. The van der Waals surface area contributed by atoms with Crippen LogP contribution in [0.3, 0.4) is 0 Å². The van der Waals surface area contributed by atoms with Gasteiger partial charge in [0.1, 0.15) is 0 Å². The molecule has 0 radical (unpaired) electrons. The number of sulfonamides is 1. The van der Waals surface area contributed by atoms with Crippen LogP contribution in [0.25, 0.3) is 0 Å². The van der Waals surface area contributed by atoms with E-state index in [2.05, 4.69) is 26.1 Å². The minimum atomic E-state index is -3.31. The minimum absolute atomic E-state index is 0.101. The molecule has 1 N–H and O–H groups in total. The Balaban J connectivity index is 2.01. The average Bonchev–Trinajstić information content (AvgIpc) is 2.60. The zero-order valence-corrected chi connectivity index (χ0v) is 13.9. The highest BCUT2D eigenvalue weighted by molar-refractivity contribution is 7.88. The van der Waals surface area contributed by atoms with E-state index in [1.807, 2.05) is 0 Å². The van der Waals surface area contributed by atoms with E-state index in [9.17, 15) is 13.2 Å². The molecular weight excluding hydrogens is 276 g/mol. The zero-order chi connectivity index (χ0) is 15.3. The molecule has 0 aromatic heterocycles. The van der Waals surface area contributed by atoms with Gasteiger partial charge in [0, 0.05) is 13.1 Å². The highest BCUT2D eigenvalue weighted by atomic mass is 32.2. The highest BCUT2D eigenvalue weighted by Crippen LogP contribution is 2.65. The van der Waals surface area contributed by atoms with Gasteiger partial charge in [-0.3, -0.25) is 4.79 Å². The van der Waals surface area contributed by atoms with E-state index in [4.69, 9.17) is 0 Å². The van der Waals surface area contributed by atoms with Gasteiger partial charge in [0.2, 0.25) is 15.9 Å². The maximum Gasteiger partial charge on any atom is 0.235 e. The Hall–Kier alpha value is -0.620. The Morgan fingerprint density at radius 2 is 1.95 bits per heavy atom. The summed E-state index contributed by atoms with van der Waals surface area (Å²) in [6.07, 6.45) is 4.50. The molecule has 0 aromatic rings. The molecule has 3 atom stereocenters. The first kappa shape index (κ1) is 15.8. The van der Waals surface area contributed by atoms with Crippen LogP contribution in [-0.4, -0.2) is 44.5 Å². The van der Waals surface area contributed by atoms with E-state index >= 15 is 0 Å². The molecule has 1 amide bonds. The summed E-state index contributed by atoms with van der Waals surface area (Å²) >= 11 is 0. The lowest BCUT2D eigenvalue weighted by molar-refractivity contribution is -0.122. The van der Waals surface area contributed by atoms with Crippen LogP contribution in [0.15, 0.2) is 0 Å². The van der Waals surface area contributed by atoms with Gasteiger partial charge < -0.3 is 5.32 Å². The minimum Gasteiger partial charge on any atom is -0.352 e. The topological polar surface area (TPSA) is 66.5 Å². The van der Waals surface area contributed by atoms with E-state index in [0.717, 1.165) is 23.4 Å². The van der Waals surface area contributed by atoms with Gasteiger partial charge in [-0.15, -0.1) is 0 Å². The van der Waals surface area contributed by atoms with Crippen molar-refractivity contribution in [1.82, 2.24) is 9.62 Å². The van der Waals surface area contributed by atoms with Crippen LogP contribution in [0.4, 0.5) is 0 Å². The Labute approximate surface area is 122 Å². The van der Waals surface area contributed by atoms with Crippen molar-refractivity contribution >= 4 is 15.9 Å². The fraction of sp³-hybridized carbons (Fsp3) is 0.929. The number of carbonyl (C=O) groups is 1. The lowest BCUT2D eigenvalue weighted by Gasteiger charge is -2.39. The van der Waals surface area contributed by atoms with Crippen molar-refractivity contribution in [1.29, 1.82) is 0 Å². The van der Waals surface area contributed by atoms with Crippen molar-refractivity contribution in [2.45, 2.75) is 46.1 Å². The molecule has 116 valence electrons. The molecule has 2 fully saturated rings. The van der Waals surface area contributed by atoms with Gasteiger partial charge >= 0.3 is 0 Å². The number of nitrogens with zero attached hydrogens (tertiary/aromatic N) is 1. The molecule has 2 aliphatic carbocycles. The molecule has 20 heavy (non-hydrogen) atoms. The van der Waals surface area contributed by atoms with E-state index < -0.39 is 10.0 Å². The second-order valence-electron chi connectivity index (χ2n) is 7.25. The van der Waals surface area contributed by atoms with Gasteiger partial charge in [0.05, 0.1) is 12.8 Å². The van der Waals surface area contributed by atoms with Gasteiger partial charge in [-0.05, 0) is 36.0 Å². The Kier molecular flexibility index (Phi) is 3.70. The van der Waals surface area contributed by atoms with Crippen LogP contribution in [0, 0.1) is 16.7 Å². The summed E-state index contributed by atoms with van der Waals surface area (Å²) in [5.41, 5.74) is 0.366. The Morgan fingerprint density at radius 1 is 1.35 bits per heavy atom. The molecule has 0 spiro atoms. The number of rotatable bonds is 4. The lowest BCUT2D eigenvalue weighted by atomic mass is 9.69. The molecule has 2 bridgehead atoms. The van der Waals surface area contributed by atoms with E-state index in [1.54, 1.807) is 0 Å². The molecular formula is C14H26N2O3S. The van der Waals surface area contributed by atoms with Crippen LogP contribution in [0.5, 0.6) is 0 Å². The van der Waals surface area contributed by atoms with Gasteiger partial charge in [-0.2, -0.15) is 4.31 Å². The summed E-state index contributed by atoms with van der Waals surface area (Å²) < 4.78 is 23.8. The number of fused-ring (bicyclic) bond motifs is 2. The van der Waals surface area contributed by atoms with Crippen molar-refractivity contribution < 1.29 is 13.2 Å². The fourth-order valence-electron chi connectivity index (χ4n) is 3.98.